The Balaban J connectivity index is 1.65. The first-order valence-electron chi connectivity index (χ1n) is 14.4. The Hall–Kier alpha value is -4.06. The molecule has 3 aromatic rings. The fourth-order valence-corrected chi connectivity index (χ4v) is 6.49. The van der Waals surface area contributed by atoms with Gasteiger partial charge in [-0.3, -0.25) is 9.69 Å². The van der Waals surface area contributed by atoms with Crippen LogP contribution in [0.15, 0.2) is 71.6 Å². The zero-order chi connectivity index (χ0) is 33.6. The van der Waals surface area contributed by atoms with Crippen LogP contribution in [0.25, 0.3) is 0 Å². The fourth-order valence-electron chi connectivity index (χ4n) is 5.60. The highest BCUT2D eigenvalue weighted by atomic mass is 32.2. The standard InChI is InChI=1S/C32H33F5N4O4S/c1-2-46(43,44)26-10-5-22(6-11-26)27(13-14-38)29-17-24(9-12-28(29)30(39)42)41-16-15-40(19-25(41)20-45-31(33)34)18-21-3-7-23(8-4-21)32(35,36)37/h3-12,17,25,27,31H,2,13,15-16,18-20H2,1H3,(H2,39,42)/t25?,27-/m0/s1. The van der Waals surface area contributed by atoms with Gasteiger partial charge >= 0.3 is 12.8 Å². The summed E-state index contributed by atoms with van der Waals surface area (Å²) in [6.45, 7) is -0.552. The van der Waals surface area contributed by atoms with E-state index in [1.807, 2.05) is 9.80 Å². The lowest BCUT2D eigenvalue weighted by molar-refractivity contribution is -0.137. The highest BCUT2D eigenvalue weighted by Crippen LogP contribution is 2.35. The summed E-state index contributed by atoms with van der Waals surface area (Å²) >= 11 is 0. The van der Waals surface area contributed by atoms with Gasteiger partial charge in [0.25, 0.3) is 0 Å². The van der Waals surface area contributed by atoms with Crippen LogP contribution < -0.4 is 10.6 Å². The molecule has 0 radical (unpaired) electrons. The Bertz CT molecular complexity index is 1660. The SMILES string of the molecule is CCS(=O)(=O)c1ccc([C@H](CC#N)c2cc(N3CCN(Cc4ccc(C(F)(F)F)cc4)CC3COC(F)F)ccc2C(N)=O)cc1. The molecule has 2 atom stereocenters. The molecule has 0 saturated carbocycles. The molecular weight excluding hydrogens is 631 g/mol. The molecule has 8 nitrogen and oxygen atoms in total. The van der Waals surface area contributed by atoms with Gasteiger partial charge in [-0.05, 0) is 59.2 Å². The molecule has 1 heterocycles. The number of nitriles is 1. The highest BCUT2D eigenvalue weighted by Gasteiger charge is 2.32. The number of sulfone groups is 1. The first-order chi connectivity index (χ1) is 21.7. The Morgan fingerprint density at radius 1 is 1.07 bits per heavy atom. The van der Waals surface area contributed by atoms with Gasteiger partial charge in [0.05, 0.1) is 34.9 Å². The maximum absolute atomic E-state index is 13.1. The second-order valence-corrected chi connectivity index (χ2v) is 13.2. The summed E-state index contributed by atoms with van der Waals surface area (Å²) in [5.41, 5.74) is 7.26. The van der Waals surface area contributed by atoms with Crippen molar-refractivity contribution in [3.63, 3.8) is 0 Å². The van der Waals surface area contributed by atoms with E-state index < -0.39 is 46.1 Å². The maximum atomic E-state index is 13.1. The Kier molecular flexibility index (Phi) is 11.0. The smallest absolute Gasteiger partial charge is 0.366 e. The summed E-state index contributed by atoms with van der Waals surface area (Å²) in [7, 11) is -3.47. The van der Waals surface area contributed by atoms with E-state index >= 15 is 0 Å². The summed E-state index contributed by atoms with van der Waals surface area (Å²) in [4.78, 5) is 16.4. The molecule has 1 saturated heterocycles. The molecule has 46 heavy (non-hydrogen) atoms. The van der Waals surface area contributed by atoms with E-state index in [9.17, 15) is 40.4 Å². The Morgan fingerprint density at radius 2 is 1.74 bits per heavy atom. The second-order valence-electron chi connectivity index (χ2n) is 10.9. The topological polar surface area (TPSA) is 117 Å². The van der Waals surface area contributed by atoms with Gasteiger partial charge in [0.15, 0.2) is 9.84 Å². The van der Waals surface area contributed by atoms with Gasteiger partial charge in [0.2, 0.25) is 5.91 Å². The minimum atomic E-state index is -4.46. The van der Waals surface area contributed by atoms with Gasteiger partial charge in [0, 0.05) is 49.8 Å². The molecular formula is C32H33F5N4O4S. The molecule has 0 bridgehead atoms. The molecule has 1 unspecified atom stereocenters. The zero-order valence-electron chi connectivity index (χ0n) is 24.9. The van der Waals surface area contributed by atoms with Gasteiger partial charge in [-0.15, -0.1) is 0 Å². The normalized spacial score (nSPS) is 16.7. The van der Waals surface area contributed by atoms with Crippen molar-refractivity contribution in [1.29, 1.82) is 5.26 Å². The molecule has 1 aliphatic heterocycles. The maximum Gasteiger partial charge on any atom is 0.416 e. The largest absolute Gasteiger partial charge is 0.416 e. The van der Waals surface area contributed by atoms with E-state index in [0.717, 1.165) is 12.1 Å². The van der Waals surface area contributed by atoms with Crippen molar-refractivity contribution < 1.29 is 39.9 Å². The van der Waals surface area contributed by atoms with Crippen LogP contribution in [-0.4, -0.2) is 63.9 Å². The molecule has 0 aromatic heterocycles. The third kappa shape index (κ3) is 8.39. The monoisotopic (exact) mass is 664 g/mol. The summed E-state index contributed by atoms with van der Waals surface area (Å²) in [6.07, 6.45) is -4.53. The first kappa shape index (κ1) is 34.8. The predicted octanol–water partition coefficient (Wildman–Crippen LogP) is 5.57. The summed E-state index contributed by atoms with van der Waals surface area (Å²) in [6, 6.07) is 17.2. The molecule has 1 amide bonds. The average Bonchev–Trinajstić information content (AvgIpc) is 3.02. The molecule has 3 aromatic carbocycles. The summed E-state index contributed by atoms with van der Waals surface area (Å²) < 4.78 is 94.6. The van der Waals surface area contributed by atoms with Gasteiger partial charge < -0.3 is 15.4 Å². The molecule has 1 fully saturated rings. The number of benzene rings is 3. The van der Waals surface area contributed by atoms with Crippen LogP contribution in [0, 0.1) is 11.3 Å². The lowest BCUT2D eigenvalue weighted by Gasteiger charge is -2.43. The van der Waals surface area contributed by atoms with Crippen LogP contribution in [-0.2, 0) is 27.3 Å². The van der Waals surface area contributed by atoms with Crippen molar-refractivity contribution in [3.8, 4) is 6.07 Å². The Labute approximate surface area is 264 Å². The van der Waals surface area contributed by atoms with Crippen molar-refractivity contribution in [2.45, 2.75) is 49.5 Å². The second kappa shape index (κ2) is 14.6. The number of hydrogen-bond acceptors (Lipinski definition) is 7. The number of carbonyl (C=O) groups is 1. The van der Waals surface area contributed by atoms with Crippen LogP contribution >= 0.6 is 0 Å². The van der Waals surface area contributed by atoms with Crippen molar-refractivity contribution in [2.24, 2.45) is 5.73 Å². The van der Waals surface area contributed by atoms with Crippen LogP contribution in [0.1, 0.15) is 51.9 Å². The van der Waals surface area contributed by atoms with Gasteiger partial charge in [-0.25, -0.2) is 8.42 Å². The van der Waals surface area contributed by atoms with E-state index in [0.29, 0.717) is 35.5 Å². The van der Waals surface area contributed by atoms with Gasteiger partial charge in [0.1, 0.15) is 0 Å². The quantitative estimate of drug-likeness (QED) is 0.252. The number of anilines is 1. The van der Waals surface area contributed by atoms with E-state index in [4.69, 9.17) is 5.73 Å². The molecule has 0 aliphatic carbocycles. The molecule has 2 N–H and O–H groups in total. The number of hydrogen-bond donors (Lipinski definition) is 1. The molecule has 1 aliphatic rings. The van der Waals surface area contributed by atoms with E-state index in [-0.39, 0.29) is 42.3 Å². The van der Waals surface area contributed by atoms with Crippen LogP contribution in [0.2, 0.25) is 0 Å². The van der Waals surface area contributed by atoms with Gasteiger partial charge in [-0.2, -0.15) is 27.2 Å². The number of nitrogens with two attached hydrogens (primary N) is 1. The van der Waals surface area contributed by atoms with Crippen molar-refractivity contribution >= 4 is 21.4 Å². The Morgan fingerprint density at radius 3 is 2.30 bits per heavy atom. The highest BCUT2D eigenvalue weighted by molar-refractivity contribution is 7.91. The average molecular weight is 665 g/mol. The molecule has 4 rings (SSSR count). The van der Waals surface area contributed by atoms with E-state index in [2.05, 4.69) is 10.8 Å². The number of rotatable bonds is 12. The van der Waals surface area contributed by atoms with Crippen molar-refractivity contribution in [2.75, 3.05) is 36.9 Å². The molecule has 14 heteroatoms. The molecule has 246 valence electrons. The summed E-state index contributed by atoms with van der Waals surface area (Å²) in [5, 5.41) is 9.68. The van der Waals surface area contributed by atoms with Crippen LogP contribution in [0.3, 0.4) is 0 Å². The predicted molar refractivity (Wildman–Crippen MR) is 161 cm³/mol. The number of carbonyl (C=O) groups excluding carboxylic acids is 1. The number of ether oxygens (including phenoxy) is 1. The number of halogens is 5. The number of primary amides is 1. The minimum Gasteiger partial charge on any atom is -0.366 e. The molecule has 0 spiro atoms. The number of piperazine rings is 1. The lowest BCUT2D eigenvalue weighted by atomic mass is 9.85. The lowest BCUT2D eigenvalue weighted by Crippen LogP contribution is -2.55. The number of alkyl halides is 5. The van der Waals surface area contributed by atoms with Crippen LogP contribution in [0.4, 0.5) is 27.6 Å². The summed E-state index contributed by atoms with van der Waals surface area (Å²) in [5.74, 6) is -1.49. The van der Waals surface area contributed by atoms with E-state index in [1.165, 1.54) is 37.3 Å². The van der Waals surface area contributed by atoms with Gasteiger partial charge in [-0.1, -0.05) is 31.2 Å². The first-order valence-corrected chi connectivity index (χ1v) is 16.1. The number of nitrogens with zero attached hydrogens (tertiary/aromatic N) is 3. The minimum absolute atomic E-state index is 0.0670. The third-order valence-electron chi connectivity index (χ3n) is 7.99. The van der Waals surface area contributed by atoms with Crippen molar-refractivity contribution in [1.82, 2.24) is 4.90 Å². The van der Waals surface area contributed by atoms with E-state index in [1.54, 1.807) is 24.3 Å². The number of amides is 1. The van der Waals surface area contributed by atoms with Crippen molar-refractivity contribution in [3.05, 3.63) is 94.5 Å². The fraction of sp³-hybridized carbons (Fsp3) is 0.375. The third-order valence-corrected chi connectivity index (χ3v) is 9.74. The van der Waals surface area contributed by atoms with Crippen LogP contribution in [0.5, 0.6) is 0 Å². The zero-order valence-corrected chi connectivity index (χ0v) is 25.7.